The van der Waals surface area contributed by atoms with Gasteiger partial charge in [0, 0.05) is 59.8 Å². The summed E-state index contributed by atoms with van der Waals surface area (Å²) >= 11 is 0. The molecule has 0 saturated carbocycles. The van der Waals surface area contributed by atoms with Gasteiger partial charge in [0.15, 0.2) is 18.2 Å². The number of carbonyl (C=O) groups is 1. The van der Waals surface area contributed by atoms with Crippen LogP contribution in [0.3, 0.4) is 0 Å². The third-order valence-corrected chi connectivity index (χ3v) is 4.86. The number of benzene rings is 1. The van der Waals surface area contributed by atoms with Crippen molar-refractivity contribution in [2.75, 3.05) is 13.2 Å². The highest BCUT2D eigenvalue weighted by atomic mass is 19.1. The Labute approximate surface area is 177 Å². The zero-order valence-electron chi connectivity index (χ0n) is 16.8. The Balaban J connectivity index is 1.64. The number of rotatable bonds is 7. The highest BCUT2D eigenvalue weighted by Gasteiger charge is 2.18. The van der Waals surface area contributed by atoms with Crippen LogP contribution in [-0.2, 0) is 11.2 Å². The maximum absolute atomic E-state index is 15.0. The van der Waals surface area contributed by atoms with Crippen LogP contribution in [-0.4, -0.2) is 34.0 Å². The van der Waals surface area contributed by atoms with Crippen molar-refractivity contribution in [3.8, 4) is 16.9 Å². The van der Waals surface area contributed by atoms with Crippen molar-refractivity contribution in [3.63, 3.8) is 0 Å². The van der Waals surface area contributed by atoms with Gasteiger partial charge in [0.2, 0.25) is 0 Å². The Morgan fingerprint density at radius 3 is 2.84 bits per heavy atom. The van der Waals surface area contributed by atoms with E-state index < -0.39 is 11.6 Å². The molecule has 2 N–H and O–H groups in total. The SMILES string of the molecule is CCNC(=O)COc1ccc(F)c(Cc2c[nH]c3ncc(-c4cccnc4)cc23)c1F. The van der Waals surface area contributed by atoms with Crippen LogP contribution in [0.25, 0.3) is 22.2 Å². The number of pyridine rings is 2. The Hall–Kier alpha value is -3.81. The van der Waals surface area contributed by atoms with Crippen LogP contribution in [0.15, 0.2) is 55.1 Å². The van der Waals surface area contributed by atoms with E-state index in [0.29, 0.717) is 17.8 Å². The number of H-pyrrole nitrogens is 1. The summed E-state index contributed by atoms with van der Waals surface area (Å²) in [5.41, 5.74) is 2.91. The molecule has 0 bridgehead atoms. The molecule has 3 aromatic heterocycles. The van der Waals surface area contributed by atoms with Gasteiger partial charge < -0.3 is 15.0 Å². The zero-order valence-corrected chi connectivity index (χ0v) is 16.8. The van der Waals surface area contributed by atoms with Crippen molar-refractivity contribution in [1.29, 1.82) is 0 Å². The minimum atomic E-state index is -0.824. The van der Waals surface area contributed by atoms with Gasteiger partial charge in [-0.15, -0.1) is 0 Å². The molecule has 0 atom stereocenters. The van der Waals surface area contributed by atoms with Crippen LogP contribution in [0.5, 0.6) is 5.75 Å². The van der Waals surface area contributed by atoms with Gasteiger partial charge in [0.05, 0.1) is 0 Å². The molecule has 158 valence electrons. The molecular formula is C23H20F2N4O2. The van der Waals surface area contributed by atoms with Crippen molar-refractivity contribution in [3.05, 3.63) is 77.9 Å². The third-order valence-electron chi connectivity index (χ3n) is 4.86. The molecule has 0 unspecified atom stereocenters. The highest BCUT2D eigenvalue weighted by Crippen LogP contribution is 2.29. The first-order valence-corrected chi connectivity index (χ1v) is 9.79. The van der Waals surface area contributed by atoms with Crippen molar-refractivity contribution < 1.29 is 18.3 Å². The van der Waals surface area contributed by atoms with Gasteiger partial charge in [-0.05, 0) is 36.8 Å². The van der Waals surface area contributed by atoms with Gasteiger partial charge in [-0.3, -0.25) is 9.78 Å². The number of aromatic amines is 1. The summed E-state index contributed by atoms with van der Waals surface area (Å²) in [6, 6.07) is 7.98. The van der Waals surface area contributed by atoms with E-state index >= 15 is 0 Å². The molecule has 0 aliphatic heterocycles. The molecule has 3 heterocycles. The number of nitrogens with zero attached hydrogens (tertiary/aromatic N) is 2. The highest BCUT2D eigenvalue weighted by molar-refractivity contribution is 5.84. The summed E-state index contributed by atoms with van der Waals surface area (Å²) in [5, 5.41) is 3.32. The van der Waals surface area contributed by atoms with E-state index in [1.165, 1.54) is 6.07 Å². The molecule has 1 aromatic carbocycles. The predicted octanol–water partition coefficient (Wildman–Crippen LogP) is 4.01. The number of hydrogen-bond donors (Lipinski definition) is 2. The lowest BCUT2D eigenvalue weighted by molar-refractivity contribution is -0.123. The third kappa shape index (κ3) is 4.37. The van der Waals surface area contributed by atoms with Gasteiger partial charge in [0.25, 0.3) is 5.91 Å². The number of carbonyl (C=O) groups excluding carboxylic acids is 1. The topological polar surface area (TPSA) is 79.9 Å². The number of fused-ring (bicyclic) bond motifs is 1. The molecule has 31 heavy (non-hydrogen) atoms. The molecule has 0 fully saturated rings. The smallest absolute Gasteiger partial charge is 0.257 e. The first kappa shape index (κ1) is 20.5. The minimum absolute atomic E-state index is 0.00576. The molecule has 8 heteroatoms. The summed E-state index contributed by atoms with van der Waals surface area (Å²) in [4.78, 5) is 23.1. The molecule has 6 nitrogen and oxygen atoms in total. The first-order chi connectivity index (χ1) is 15.1. The van der Waals surface area contributed by atoms with Gasteiger partial charge in [-0.1, -0.05) is 6.07 Å². The molecule has 0 radical (unpaired) electrons. The van der Waals surface area contributed by atoms with Crippen molar-refractivity contribution in [2.24, 2.45) is 0 Å². The fourth-order valence-corrected chi connectivity index (χ4v) is 3.33. The Morgan fingerprint density at radius 1 is 1.19 bits per heavy atom. The number of hydrogen-bond acceptors (Lipinski definition) is 4. The average molecular weight is 422 g/mol. The van der Waals surface area contributed by atoms with Crippen molar-refractivity contribution >= 4 is 16.9 Å². The second-order valence-corrected chi connectivity index (χ2v) is 6.93. The average Bonchev–Trinajstić information content (AvgIpc) is 3.19. The second kappa shape index (κ2) is 8.91. The number of ether oxygens (including phenoxy) is 1. The summed E-state index contributed by atoms with van der Waals surface area (Å²) in [7, 11) is 0. The van der Waals surface area contributed by atoms with Crippen LogP contribution in [0, 0.1) is 11.6 Å². The summed E-state index contributed by atoms with van der Waals surface area (Å²) in [6.07, 6.45) is 6.81. The van der Waals surface area contributed by atoms with E-state index in [4.69, 9.17) is 4.74 Å². The maximum atomic E-state index is 15.0. The predicted molar refractivity (Wildman–Crippen MR) is 113 cm³/mol. The molecule has 0 aliphatic rings. The molecule has 0 saturated heterocycles. The van der Waals surface area contributed by atoms with E-state index in [1.54, 1.807) is 31.7 Å². The Morgan fingerprint density at radius 2 is 2.06 bits per heavy atom. The summed E-state index contributed by atoms with van der Waals surface area (Å²) < 4.78 is 34.7. The minimum Gasteiger partial charge on any atom is -0.481 e. The van der Waals surface area contributed by atoms with E-state index in [-0.39, 0.29) is 30.2 Å². The van der Waals surface area contributed by atoms with Gasteiger partial charge in [-0.25, -0.2) is 13.8 Å². The molecule has 0 spiro atoms. The molecule has 1 amide bonds. The van der Waals surface area contributed by atoms with Crippen LogP contribution in [0.1, 0.15) is 18.1 Å². The number of likely N-dealkylation sites (N-methyl/N-ethyl adjacent to an activating group) is 1. The molecule has 4 rings (SSSR count). The lowest BCUT2D eigenvalue weighted by Gasteiger charge is -2.11. The van der Waals surface area contributed by atoms with Gasteiger partial charge in [-0.2, -0.15) is 0 Å². The van der Waals surface area contributed by atoms with Crippen molar-refractivity contribution in [2.45, 2.75) is 13.3 Å². The van der Waals surface area contributed by atoms with E-state index in [1.807, 2.05) is 18.2 Å². The number of aromatic nitrogens is 3. The normalized spacial score (nSPS) is 10.9. The zero-order chi connectivity index (χ0) is 21.8. The molecular weight excluding hydrogens is 402 g/mol. The molecule has 4 aromatic rings. The first-order valence-electron chi connectivity index (χ1n) is 9.79. The largest absolute Gasteiger partial charge is 0.481 e. The maximum Gasteiger partial charge on any atom is 0.257 e. The van der Waals surface area contributed by atoms with Gasteiger partial charge in [0.1, 0.15) is 11.5 Å². The lowest BCUT2D eigenvalue weighted by atomic mass is 10.0. The second-order valence-electron chi connectivity index (χ2n) is 6.93. The van der Waals surface area contributed by atoms with Crippen LogP contribution < -0.4 is 10.1 Å². The summed E-state index contributed by atoms with van der Waals surface area (Å²) in [5.74, 6) is -2.06. The molecule has 0 aliphatic carbocycles. The lowest BCUT2D eigenvalue weighted by Crippen LogP contribution is -2.28. The monoisotopic (exact) mass is 422 g/mol. The summed E-state index contributed by atoms with van der Waals surface area (Å²) in [6.45, 7) is 1.86. The van der Waals surface area contributed by atoms with E-state index in [2.05, 4.69) is 20.3 Å². The standard InChI is InChI=1S/C23H20F2N4O2/c1-2-27-21(30)13-31-20-6-5-19(24)18(22(20)25)9-16-12-29-23-17(16)8-15(11-28-23)14-4-3-7-26-10-14/h3-8,10-12H,2,9,13H2,1H3,(H,27,30)(H,28,29). The fourth-order valence-electron chi connectivity index (χ4n) is 3.33. The van der Waals surface area contributed by atoms with Gasteiger partial charge >= 0.3 is 0 Å². The Bertz CT molecular complexity index is 1230. The van der Waals surface area contributed by atoms with E-state index in [9.17, 15) is 13.6 Å². The number of nitrogens with one attached hydrogen (secondary N) is 2. The fraction of sp³-hybridized carbons (Fsp3) is 0.174. The van der Waals surface area contributed by atoms with Crippen LogP contribution in [0.2, 0.25) is 0 Å². The van der Waals surface area contributed by atoms with E-state index in [0.717, 1.165) is 22.6 Å². The quantitative estimate of drug-likeness (QED) is 0.472. The van der Waals surface area contributed by atoms with Crippen molar-refractivity contribution in [1.82, 2.24) is 20.3 Å². The number of amides is 1. The van der Waals surface area contributed by atoms with Crippen LogP contribution in [0.4, 0.5) is 8.78 Å². The Kier molecular flexibility index (Phi) is 5.88. The number of halogens is 2. The van der Waals surface area contributed by atoms with Crippen LogP contribution >= 0.6 is 0 Å².